The molecule has 2 aromatic rings. The van der Waals surface area contributed by atoms with Crippen LogP contribution < -0.4 is 5.32 Å². The zero-order valence-electron chi connectivity index (χ0n) is 13.9. The summed E-state index contributed by atoms with van der Waals surface area (Å²) in [6, 6.07) is 10.0. The summed E-state index contributed by atoms with van der Waals surface area (Å²) in [7, 11) is 0. The van der Waals surface area contributed by atoms with Crippen molar-refractivity contribution in [3.8, 4) is 10.4 Å². The third-order valence-electron chi connectivity index (χ3n) is 4.31. The lowest BCUT2D eigenvalue weighted by atomic mass is 10.1. The quantitative estimate of drug-likeness (QED) is 0.896. The summed E-state index contributed by atoms with van der Waals surface area (Å²) in [4.78, 5) is 17.7. The Morgan fingerprint density at radius 2 is 2.04 bits per heavy atom. The summed E-state index contributed by atoms with van der Waals surface area (Å²) in [5, 5.41) is 14.1. The first-order chi connectivity index (χ1) is 11.7. The van der Waals surface area contributed by atoms with E-state index in [1.54, 1.807) is 11.3 Å². The number of aliphatic hydroxyl groups excluding tert-OH is 1. The van der Waals surface area contributed by atoms with Gasteiger partial charge in [-0.25, -0.2) is 4.79 Å². The van der Waals surface area contributed by atoms with Crippen LogP contribution in [0.15, 0.2) is 35.7 Å². The van der Waals surface area contributed by atoms with E-state index in [1.165, 1.54) is 10.4 Å². The first kappa shape index (κ1) is 17.0. The average molecular weight is 345 g/mol. The largest absolute Gasteiger partial charge is 0.395 e. The minimum absolute atomic E-state index is 0.0568. The predicted octanol–water partition coefficient (Wildman–Crippen LogP) is 2.87. The fourth-order valence-electron chi connectivity index (χ4n) is 2.93. The molecule has 0 aliphatic carbocycles. The van der Waals surface area contributed by atoms with Gasteiger partial charge in [0.15, 0.2) is 0 Å². The van der Waals surface area contributed by atoms with Crippen LogP contribution in [-0.4, -0.2) is 60.3 Å². The molecular formula is C18H23N3O2S. The highest BCUT2D eigenvalue weighted by atomic mass is 32.1. The number of carbonyl (C=O) groups excluding carboxylic acids is 1. The van der Waals surface area contributed by atoms with Gasteiger partial charge in [-0.05, 0) is 41.6 Å². The third-order valence-corrected chi connectivity index (χ3v) is 5.38. The molecule has 0 spiro atoms. The van der Waals surface area contributed by atoms with E-state index in [-0.39, 0.29) is 12.6 Å². The highest BCUT2D eigenvalue weighted by Gasteiger charge is 2.20. The highest BCUT2D eigenvalue weighted by molar-refractivity contribution is 7.13. The number of hydrogen-bond donors (Lipinski definition) is 2. The Morgan fingerprint density at radius 3 is 2.71 bits per heavy atom. The lowest BCUT2D eigenvalue weighted by molar-refractivity contribution is 0.127. The number of amides is 2. The molecular weight excluding hydrogens is 322 g/mol. The van der Waals surface area contributed by atoms with Gasteiger partial charge in [0.1, 0.15) is 0 Å². The van der Waals surface area contributed by atoms with Crippen molar-refractivity contribution in [1.29, 1.82) is 0 Å². The van der Waals surface area contributed by atoms with Crippen LogP contribution in [0, 0.1) is 6.92 Å². The zero-order valence-corrected chi connectivity index (χ0v) is 14.7. The molecule has 24 heavy (non-hydrogen) atoms. The van der Waals surface area contributed by atoms with Gasteiger partial charge < -0.3 is 15.3 Å². The number of hydrogen-bond acceptors (Lipinski definition) is 4. The Morgan fingerprint density at radius 1 is 1.25 bits per heavy atom. The van der Waals surface area contributed by atoms with Crippen molar-refractivity contribution in [2.24, 2.45) is 0 Å². The first-order valence-corrected chi connectivity index (χ1v) is 9.09. The summed E-state index contributed by atoms with van der Waals surface area (Å²) in [6.07, 6.45) is 0. The molecule has 0 radical (unpaired) electrons. The van der Waals surface area contributed by atoms with Crippen LogP contribution >= 0.6 is 11.3 Å². The van der Waals surface area contributed by atoms with Crippen molar-refractivity contribution >= 4 is 23.1 Å². The van der Waals surface area contributed by atoms with E-state index >= 15 is 0 Å². The molecule has 5 nitrogen and oxygen atoms in total. The Hall–Kier alpha value is -1.89. The van der Waals surface area contributed by atoms with Gasteiger partial charge in [-0.2, -0.15) is 0 Å². The normalized spacial score (nSPS) is 15.5. The number of benzene rings is 1. The second-order valence-electron chi connectivity index (χ2n) is 6.00. The molecule has 1 aliphatic heterocycles. The molecule has 1 saturated heterocycles. The maximum absolute atomic E-state index is 12.4. The van der Waals surface area contributed by atoms with Crippen LogP contribution in [0.1, 0.15) is 5.56 Å². The topological polar surface area (TPSA) is 55.8 Å². The van der Waals surface area contributed by atoms with E-state index in [2.05, 4.69) is 34.7 Å². The maximum atomic E-state index is 12.4. The van der Waals surface area contributed by atoms with Gasteiger partial charge in [0.25, 0.3) is 0 Å². The SMILES string of the molecule is Cc1ccsc1-c1cccc(NC(=O)N2CCN(CCO)CC2)c1. The van der Waals surface area contributed by atoms with E-state index in [0.29, 0.717) is 19.6 Å². The van der Waals surface area contributed by atoms with Crippen molar-refractivity contribution in [2.75, 3.05) is 44.6 Å². The molecule has 0 atom stereocenters. The summed E-state index contributed by atoms with van der Waals surface area (Å²) in [6.45, 7) is 5.94. The molecule has 1 fully saturated rings. The molecule has 1 aromatic heterocycles. The number of rotatable bonds is 4. The number of aliphatic hydroxyl groups is 1. The molecule has 0 unspecified atom stereocenters. The van der Waals surface area contributed by atoms with Crippen molar-refractivity contribution in [1.82, 2.24) is 9.80 Å². The van der Waals surface area contributed by atoms with E-state index in [9.17, 15) is 4.79 Å². The van der Waals surface area contributed by atoms with Gasteiger partial charge >= 0.3 is 6.03 Å². The highest BCUT2D eigenvalue weighted by Crippen LogP contribution is 2.30. The Balaban J connectivity index is 1.62. The van der Waals surface area contributed by atoms with Gasteiger partial charge in [-0.15, -0.1) is 11.3 Å². The smallest absolute Gasteiger partial charge is 0.321 e. The number of aryl methyl sites for hydroxylation is 1. The first-order valence-electron chi connectivity index (χ1n) is 8.21. The third kappa shape index (κ3) is 3.95. The van der Waals surface area contributed by atoms with Gasteiger partial charge in [0.05, 0.1) is 6.61 Å². The number of carbonyl (C=O) groups is 1. The molecule has 1 aromatic carbocycles. The number of nitrogens with zero attached hydrogens (tertiary/aromatic N) is 2. The molecule has 128 valence electrons. The van der Waals surface area contributed by atoms with E-state index in [0.717, 1.165) is 24.3 Å². The van der Waals surface area contributed by atoms with E-state index < -0.39 is 0 Å². The summed E-state index contributed by atoms with van der Waals surface area (Å²) >= 11 is 1.71. The number of anilines is 1. The van der Waals surface area contributed by atoms with Crippen molar-refractivity contribution in [3.63, 3.8) is 0 Å². The van der Waals surface area contributed by atoms with Crippen molar-refractivity contribution in [2.45, 2.75) is 6.92 Å². The molecule has 6 heteroatoms. The second kappa shape index (κ2) is 7.79. The van der Waals surface area contributed by atoms with Gasteiger partial charge in [-0.3, -0.25) is 4.90 Å². The minimum Gasteiger partial charge on any atom is -0.395 e. The number of β-amino-alcohol motifs (C(OH)–C–C–N with tert-alkyl or cyclic N) is 1. The van der Waals surface area contributed by atoms with Crippen LogP contribution in [0.5, 0.6) is 0 Å². The summed E-state index contributed by atoms with van der Waals surface area (Å²) in [5.41, 5.74) is 3.21. The lowest BCUT2D eigenvalue weighted by Crippen LogP contribution is -2.50. The minimum atomic E-state index is -0.0568. The zero-order chi connectivity index (χ0) is 16.9. The van der Waals surface area contributed by atoms with Crippen molar-refractivity contribution < 1.29 is 9.90 Å². The van der Waals surface area contributed by atoms with E-state index in [4.69, 9.17) is 5.11 Å². The molecule has 0 saturated carbocycles. The predicted molar refractivity (Wildman–Crippen MR) is 98.6 cm³/mol. The monoisotopic (exact) mass is 345 g/mol. The Kier molecular flexibility index (Phi) is 5.50. The summed E-state index contributed by atoms with van der Waals surface area (Å²) in [5.74, 6) is 0. The molecule has 0 bridgehead atoms. The molecule has 2 amide bonds. The standard InChI is InChI=1S/C18H23N3O2S/c1-14-5-12-24-17(14)15-3-2-4-16(13-15)19-18(23)21-8-6-20(7-9-21)10-11-22/h2-5,12-13,22H,6-11H2,1H3,(H,19,23). The maximum Gasteiger partial charge on any atom is 0.321 e. The van der Waals surface area contributed by atoms with Gasteiger partial charge in [-0.1, -0.05) is 12.1 Å². The fraction of sp³-hybridized carbons (Fsp3) is 0.389. The molecule has 2 N–H and O–H groups in total. The number of nitrogens with one attached hydrogen (secondary N) is 1. The fourth-order valence-corrected chi connectivity index (χ4v) is 3.85. The van der Waals surface area contributed by atoms with Crippen LogP contribution in [0.25, 0.3) is 10.4 Å². The molecule has 1 aliphatic rings. The van der Waals surface area contributed by atoms with Gasteiger partial charge in [0.2, 0.25) is 0 Å². The van der Waals surface area contributed by atoms with Crippen LogP contribution in [0.3, 0.4) is 0 Å². The Labute approximate surface area is 146 Å². The van der Waals surface area contributed by atoms with Crippen LogP contribution in [0.2, 0.25) is 0 Å². The van der Waals surface area contributed by atoms with Crippen LogP contribution in [-0.2, 0) is 0 Å². The molecule has 3 rings (SSSR count). The van der Waals surface area contributed by atoms with Crippen molar-refractivity contribution in [3.05, 3.63) is 41.3 Å². The number of urea groups is 1. The van der Waals surface area contributed by atoms with E-state index in [1.807, 2.05) is 23.1 Å². The molecule has 2 heterocycles. The second-order valence-corrected chi connectivity index (χ2v) is 6.91. The average Bonchev–Trinajstić information content (AvgIpc) is 3.02. The Bertz CT molecular complexity index is 693. The van der Waals surface area contributed by atoms with Gasteiger partial charge in [0, 0.05) is 43.3 Å². The van der Waals surface area contributed by atoms with Crippen LogP contribution in [0.4, 0.5) is 10.5 Å². The lowest BCUT2D eigenvalue weighted by Gasteiger charge is -2.34. The number of thiophene rings is 1. The summed E-state index contributed by atoms with van der Waals surface area (Å²) < 4.78 is 0. The number of piperazine rings is 1.